The van der Waals surface area contributed by atoms with E-state index in [1.807, 2.05) is 19.4 Å². The number of anilines is 1. The van der Waals surface area contributed by atoms with E-state index in [9.17, 15) is 5.11 Å². The Hall–Kier alpha value is -1.13. The molecule has 100 valence electrons. The van der Waals surface area contributed by atoms with Crippen molar-refractivity contribution in [2.75, 3.05) is 12.4 Å². The van der Waals surface area contributed by atoms with Gasteiger partial charge in [-0.2, -0.15) is 0 Å². The second kappa shape index (κ2) is 5.67. The minimum Gasteiger partial charge on any atom is -0.391 e. The van der Waals surface area contributed by atoms with E-state index in [-0.39, 0.29) is 12.1 Å². The maximum Gasteiger partial charge on any atom is 0.0719 e. The van der Waals surface area contributed by atoms with Gasteiger partial charge in [0.25, 0.3) is 0 Å². The van der Waals surface area contributed by atoms with Gasteiger partial charge in [0.15, 0.2) is 0 Å². The summed E-state index contributed by atoms with van der Waals surface area (Å²) in [4.78, 5) is 4.14. The van der Waals surface area contributed by atoms with Gasteiger partial charge in [-0.3, -0.25) is 4.98 Å². The largest absolute Gasteiger partial charge is 0.391 e. The fourth-order valence-corrected chi connectivity index (χ4v) is 3.05. The number of hydrogen-bond acceptors (Lipinski definition) is 4. The molecule has 0 saturated heterocycles. The molecular weight excluding hydrogens is 226 g/mol. The highest BCUT2D eigenvalue weighted by Gasteiger charge is 2.35. The average Bonchev–Trinajstić information content (AvgIpc) is 2.41. The summed E-state index contributed by atoms with van der Waals surface area (Å²) in [6.45, 7) is 2.12. The van der Waals surface area contributed by atoms with Gasteiger partial charge in [0.1, 0.15) is 0 Å². The first kappa shape index (κ1) is 13.3. The fraction of sp³-hybridized carbons (Fsp3) is 0.643. The maximum atomic E-state index is 10.1. The van der Waals surface area contributed by atoms with Crippen LogP contribution in [0, 0.1) is 5.92 Å². The first-order valence-corrected chi connectivity index (χ1v) is 6.72. The molecule has 1 fully saturated rings. The molecule has 1 aromatic heterocycles. The number of nitrogens with one attached hydrogen (secondary N) is 1. The minimum atomic E-state index is -0.355. The first-order valence-electron chi connectivity index (χ1n) is 6.72. The van der Waals surface area contributed by atoms with Crippen LogP contribution in [0.2, 0.25) is 0 Å². The van der Waals surface area contributed by atoms with Crippen molar-refractivity contribution in [2.24, 2.45) is 11.7 Å². The summed E-state index contributed by atoms with van der Waals surface area (Å²) >= 11 is 0. The summed E-state index contributed by atoms with van der Waals surface area (Å²) in [5, 5.41) is 13.3. The van der Waals surface area contributed by atoms with Gasteiger partial charge >= 0.3 is 0 Å². The van der Waals surface area contributed by atoms with Crippen LogP contribution in [0.4, 0.5) is 5.69 Å². The van der Waals surface area contributed by atoms with E-state index < -0.39 is 0 Å². The number of aliphatic hydroxyl groups is 1. The van der Waals surface area contributed by atoms with Gasteiger partial charge in [0.05, 0.1) is 18.0 Å². The summed E-state index contributed by atoms with van der Waals surface area (Å²) in [5.74, 6) is 0.718. The highest BCUT2D eigenvalue weighted by molar-refractivity contribution is 5.50. The molecule has 0 amide bonds. The molecule has 0 aromatic carbocycles. The SMILES string of the molecule is CC[C@H]1CC(c2ccncc2NC)CC(N)C1O. The third-order valence-electron chi connectivity index (χ3n) is 4.15. The zero-order valence-corrected chi connectivity index (χ0v) is 11.1. The van der Waals surface area contributed by atoms with Gasteiger partial charge in [0.2, 0.25) is 0 Å². The predicted octanol–water partition coefficient (Wildman–Crippen LogP) is 1.72. The van der Waals surface area contributed by atoms with Gasteiger partial charge in [-0.05, 0) is 36.3 Å². The molecule has 2 rings (SSSR count). The third kappa shape index (κ3) is 2.49. The highest BCUT2D eigenvalue weighted by Crippen LogP contribution is 2.39. The van der Waals surface area contributed by atoms with Crippen molar-refractivity contribution in [1.82, 2.24) is 4.98 Å². The lowest BCUT2D eigenvalue weighted by Crippen LogP contribution is -2.45. The van der Waals surface area contributed by atoms with Crippen molar-refractivity contribution < 1.29 is 5.11 Å². The monoisotopic (exact) mass is 249 g/mol. The van der Waals surface area contributed by atoms with Crippen LogP contribution in [0.1, 0.15) is 37.7 Å². The Morgan fingerprint density at radius 1 is 1.50 bits per heavy atom. The molecule has 4 N–H and O–H groups in total. The lowest BCUT2D eigenvalue weighted by Gasteiger charge is -2.38. The topological polar surface area (TPSA) is 71.2 Å². The molecule has 1 aliphatic rings. The van der Waals surface area contributed by atoms with Gasteiger partial charge in [0, 0.05) is 19.3 Å². The molecule has 4 heteroatoms. The smallest absolute Gasteiger partial charge is 0.0719 e. The Labute approximate surface area is 109 Å². The van der Waals surface area contributed by atoms with Crippen LogP contribution in [0.15, 0.2) is 18.5 Å². The van der Waals surface area contributed by atoms with Crippen LogP contribution in [-0.4, -0.2) is 29.3 Å². The van der Waals surface area contributed by atoms with Crippen molar-refractivity contribution in [1.29, 1.82) is 0 Å². The zero-order chi connectivity index (χ0) is 13.1. The summed E-state index contributed by atoms with van der Waals surface area (Å²) in [6.07, 6.45) is 6.15. The number of rotatable bonds is 3. The lowest BCUT2D eigenvalue weighted by atomic mass is 9.73. The second-order valence-corrected chi connectivity index (χ2v) is 5.20. The van der Waals surface area contributed by atoms with Crippen LogP contribution in [-0.2, 0) is 0 Å². The summed E-state index contributed by atoms with van der Waals surface area (Å²) in [6, 6.07) is 1.94. The standard InChI is InChI=1S/C14H23N3O/c1-3-9-6-10(7-12(15)14(9)18)11-4-5-17-8-13(11)16-2/h4-5,8-10,12,14,16,18H,3,6-7,15H2,1-2H3/t9-,10?,12?,14?/m0/s1. The van der Waals surface area contributed by atoms with Crippen molar-refractivity contribution >= 4 is 5.69 Å². The third-order valence-corrected chi connectivity index (χ3v) is 4.15. The van der Waals surface area contributed by atoms with Crippen molar-refractivity contribution in [2.45, 2.75) is 44.2 Å². The van der Waals surface area contributed by atoms with E-state index in [1.165, 1.54) is 5.56 Å². The van der Waals surface area contributed by atoms with Gasteiger partial charge in [-0.15, -0.1) is 0 Å². The molecule has 4 nitrogen and oxygen atoms in total. The summed E-state index contributed by atoms with van der Waals surface area (Å²) in [7, 11) is 1.91. The predicted molar refractivity (Wildman–Crippen MR) is 73.5 cm³/mol. The van der Waals surface area contributed by atoms with Crippen LogP contribution in [0.5, 0.6) is 0 Å². The zero-order valence-electron chi connectivity index (χ0n) is 11.1. The number of aromatic nitrogens is 1. The molecule has 1 saturated carbocycles. The van der Waals surface area contributed by atoms with Crippen LogP contribution in [0.25, 0.3) is 0 Å². The van der Waals surface area contributed by atoms with Crippen LogP contribution < -0.4 is 11.1 Å². The quantitative estimate of drug-likeness (QED) is 0.762. The van der Waals surface area contributed by atoms with Gasteiger partial charge in [-0.25, -0.2) is 0 Å². The number of aliphatic hydroxyl groups excluding tert-OH is 1. The molecule has 1 aromatic rings. The molecule has 1 heterocycles. The average molecular weight is 249 g/mol. The molecule has 0 aliphatic heterocycles. The summed E-state index contributed by atoms with van der Waals surface area (Å²) in [5.41, 5.74) is 8.42. The molecule has 1 aliphatic carbocycles. The Kier molecular flexibility index (Phi) is 4.19. The lowest BCUT2D eigenvalue weighted by molar-refractivity contribution is 0.0416. The second-order valence-electron chi connectivity index (χ2n) is 5.20. The van der Waals surface area contributed by atoms with Crippen molar-refractivity contribution in [3.8, 4) is 0 Å². The molecule has 0 spiro atoms. The normalized spacial score (nSPS) is 32.2. The maximum absolute atomic E-state index is 10.1. The van der Waals surface area contributed by atoms with E-state index in [1.54, 1.807) is 0 Å². The first-order chi connectivity index (χ1) is 8.67. The molecule has 3 unspecified atom stereocenters. The number of nitrogens with zero attached hydrogens (tertiary/aromatic N) is 1. The van der Waals surface area contributed by atoms with Crippen molar-refractivity contribution in [3.63, 3.8) is 0 Å². The Morgan fingerprint density at radius 2 is 2.28 bits per heavy atom. The minimum absolute atomic E-state index is 0.119. The fourth-order valence-electron chi connectivity index (χ4n) is 3.05. The Morgan fingerprint density at radius 3 is 2.94 bits per heavy atom. The van der Waals surface area contributed by atoms with E-state index >= 15 is 0 Å². The summed E-state index contributed by atoms with van der Waals surface area (Å²) < 4.78 is 0. The van der Waals surface area contributed by atoms with E-state index in [4.69, 9.17) is 5.73 Å². The van der Waals surface area contributed by atoms with E-state index in [0.29, 0.717) is 11.8 Å². The molecular formula is C14H23N3O. The van der Waals surface area contributed by atoms with E-state index in [2.05, 4.69) is 23.3 Å². The van der Waals surface area contributed by atoms with Crippen molar-refractivity contribution in [3.05, 3.63) is 24.0 Å². The van der Waals surface area contributed by atoms with E-state index in [0.717, 1.165) is 24.9 Å². The van der Waals surface area contributed by atoms with Crippen LogP contribution >= 0.6 is 0 Å². The number of pyridine rings is 1. The molecule has 0 bridgehead atoms. The molecule has 4 atom stereocenters. The van der Waals surface area contributed by atoms with Gasteiger partial charge < -0.3 is 16.2 Å². The highest BCUT2D eigenvalue weighted by atomic mass is 16.3. The van der Waals surface area contributed by atoms with Crippen LogP contribution in [0.3, 0.4) is 0 Å². The van der Waals surface area contributed by atoms with Gasteiger partial charge in [-0.1, -0.05) is 13.3 Å². The number of nitrogens with two attached hydrogens (primary N) is 1. The Balaban J connectivity index is 2.23. The molecule has 18 heavy (non-hydrogen) atoms. The number of hydrogen-bond donors (Lipinski definition) is 3. The molecule has 0 radical (unpaired) electrons. The Bertz CT molecular complexity index is 396.